The lowest BCUT2D eigenvalue weighted by molar-refractivity contribution is 0.468. The first-order valence-corrected chi connectivity index (χ1v) is 4.47. The van der Waals surface area contributed by atoms with Gasteiger partial charge >= 0.3 is 5.96 Å². The lowest BCUT2D eigenvalue weighted by Gasteiger charge is -2.31. The first kappa shape index (κ1) is 10.7. The zero-order valence-corrected chi connectivity index (χ0v) is 9.15. The van der Waals surface area contributed by atoms with Gasteiger partial charge in [0.2, 0.25) is 0 Å². The predicted octanol–water partition coefficient (Wildman–Crippen LogP) is 1.14. The van der Waals surface area contributed by atoms with Gasteiger partial charge in [0.05, 0.1) is 14.1 Å². The molecule has 0 fully saturated rings. The van der Waals surface area contributed by atoms with E-state index in [4.69, 9.17) is 5.41 Å². The lowest BCUT2D eigenvalue weighted by atomic mass is 10.3. The molecule has 1 aromatic rings. The van der Waals surface area contributed by atoms with Crippen molar-refractivity contribution in [3.8, 4) is 0 Å². The molecule has 14 heavy (non-hydrogen) atoms. The van der Waals surface area contributed by atoms with Crippen LogP contribution < -0.4 is 4.48 Å². The Morgan fingerprint density at radius 2 is 1.79 bits per heavy atom. The summed E-state index contributed by atoms with van der Waals surface area (Å²) in [6.45, 7) is 0. The second-order valence-electron chi connectivity index (χ2n) is 3.88. The van der Waals surface area contributed by atoms with E-state index in [2.05, 4.69) is 4.98 Å². The van der Waals surface area contributed by atoms with E-state index in [1.54, 1.807) is 17.3 Å². The van der Waals surface area contributed by atoms with Crippen molar-refractivity contribution in [2.24, 2.45) is 0 Å². The Balaban J connectivity index is 3.02. The van der Waals surface area contributed by atoms with Gasteiger partial charge in [-0.3, -0.25) is 4.98 Å². The number of rotatable bonds is 1. The molecule has 1 aromatic heterocycles. The highest BCUT2D eigenvalue weighted by Crippen LogP contribution is 2.17. The van der Waals surface area contributed by atoms with Gasteiger partial charge in [0.25, 0.3) is 0 Å². The topological polar surface area (TPSA) is 40.0 Å². The average molecular weight is 193 g/mol. The molecule has 0 amide bonds. The van der Waals surface area contributed by atoms with Gasteiger partial charge in [-0.1, -0.05) is 0 Å². The van der Waals surface area contributed by atoms with Crippen LogP contribution in [0.5, 0.6) is 0 Å². The minimum atomic E-state index is 0.426. The Bertz CT molecular complexity index is 316. The minimum Gasteiger partial charge on any atom is -0.317 e. The summed E-state index contributed by atoms with van der Waals surface area (Å²) >= 11 is 0. The van der Waals surface area contributed by atoms with E-state index in [-0.39, 0.29) is 0 Å². The normalized spacial score (nSPS) is 11.1. The van der Waals surface area contributed by atoms with Gasteiger partial charge in [-0.15, -0.1) is 0 Å². The summed E-state index contributed by atoms with van der Waals surface area (Å²) in [5.41, 5.74) is 1.05. The van der Waals surface area contributed by atoms with Crippen LogP contribution in [0.3, 0.4) is 0 Å². The number of hydrogen-bond acceptors (Lipinski definition) is 2. The molecule has 76 valence electrons. The number of guanidine groups is 1. The van der Waals surface area contributed by atoms with Crippen LogP contribution in [0, 0.1) is 5.41 Å². The lowest BCUT2D eigenvalue weighted by Crippen LogP contribution is -2.52. The van der Waals surface area contributed by atoms with Crippen LogP contribution in [-0.4, -0.2) is 44.0 Å². The summed E-state index contributed by atoms with van der Waals surface area (Å²) < 4.78 is 0.426. The van der Waals surface area contributed by atoms with Crippen molar-refractivity contribution >= 4 is 11.6 Å². The smallest absolute Gasteiger partial charge is 0.301 e. The molecule has 1 N–H and O–H groups in total. The van der Waals surface area contributed by atoms with E-state index in [9.17, 15) is 0 Å². The van der Waals surface area contributed by atoms with Crippen LogP contribution in [0.25, 0.3) is 0 Å². The molecule has 0 radical (unpaired) electrons. The molecule has 1 rings (SSSR count). The number of nitrogens with zero attached hydrogens (tertiary/aromatic N) is 3. The summed E-state index contributed by atoms with van der Waals surface area (Å²) in [5.74, 6) is 0.538. The van der Waals surface area contributed by atoms with Crippen molar-refractivity contribution in [2.45, 2.75) is 0 Å². The number of aromatic nitrogens is 1. The number of quaternary nitrogens is 1. The van der Waals surface area contributed by atoms with E-state index < -0.39 is 0 Å². The third-order valence-corrected chi connectivity index (χ3v) is 2.26. The van der Waals surface area contributed by atoms with E-state index in [1.807, 2.05) is 40.3 Å². The maximum atomic E-state index is 7.96. The van der Waals surface area contributed by atoms with Gasteiger partial charge in [0.15, 0.2) is 0 Å². The van der Waals surface area contributed by atoms with Gasteiger partial charge in [0.1, 0.15) is 5.69 Å². The Hall–Kier alpha value is -1.42. The fourth-order valence-corrected chi connectivity index (χ4v) is 1.34. The highest BCUT2D eigenvalue weighted by Gasteiger charge is 2.27. The Kier molecular flexibility index (Phi) is 2.86. The molecule has 4 nitrogen and oxygen atoms in total. The SMILES string of the molecule is CN(C)C(=N)[N+](C)(C)c1ccncc1. The van der Waals surface area contributed by atoms with Gasteiger partial charge in [-0.2, -0.15) is 0 Å². The predicted molar refractivity (Wildman–Crippen MR) is 59.3 cm³/mol. The molecule has 1 heterocycles. The molecule has 0 spiro atoms. The number of pyridine rings is 1. The third kappa shape index (κ3) is 1.90. The molecule has 0 aliphatic rings. The monoisotopic (exact) mass is 193 g/mol. The zero-order valence-electron chi connectivity index (χ0n) is 9.15. The Labute approximate surface area is 84.9 Å². The molecule has 0 atom stereocenters. The highest BCUT2D eigenvalue weighted by molar-refractivity contribution is 5.87. The van der Waals surface area contributed by atoms with E-state index >= 15 is 0 Å². The van der Waals surface area contributed by atoms with Crippen LogP contribution in [0.2, 0.25) is 0 Å². The summed E-state index contributed by atoms with van der Waals surface area (Å²) in [7, 11) is 7.72. The molecular formula is C10H17N4+. The van der Waals surface area contributed by atoms with Crippen molar-refractivity contribution in [1.82, 2.24) is 14.4 Å². The summed E-state index contributed by atoms with van der Waals surface area (Å²) in [5, 5.41) is 7.96. The molecule has 0 unspecified atom stereocenters. The van der Waals surface area contributed by atoms with Gasteiger partial charge in [-0.05, 0) is 0 Å². The summed E-state index contributed by atoms with van der Waals surface area (Å²) in [4.78, 5) is 5.77. The van der Waals surface area contributed by atoms with Crippen molar-refractivity contribution < 1.29 is 0 Å². The largest absolute Gasteiger partial charge is 0.317 e. The molecule has 0 aromatic carbocycles. The third-order valence-electron chi connectivity index (χ3n) is 2.26. The number of nitrogens with one attached hydrogen (secondary N) is 1. The van der Waals surface area contributed by atoms with Gasteiger partial charge < -0.3 is 4.90 Å². The van der Waals surface area contributed by atoms with Gasteiger partial charge in [0, 0.05) is 38.6 Å². The molecule has 0 saturated carbocycles. The van der Waals surface area contributed by atoms with Crippen LogP contribution >= 0.6 is 0 Å². The van der Waals surface area contributed by atoms with Crippen molar-refractivity contribution in [3.63, 3.8) is 0 Å². The van der Waals surface area contributed by atoms with E-state index in [0.29, 0.717) is 10.4 Å². The molecule has 0 aliphatic carbocycles. The van der Waals surface area contributed by atoms with Crippen molar-refractivity contribution in [1.29, 1.82) is 5.41 Å². The van der Waals surface area contributed by atoms with E-state index in [0.717, 1.165) is 5.69 Å². The fraction of sp³-hybridized carbons (Fsp3) is 0.400. The molecule has 4 heteroatoms. The second kappa shape index (κ2) is 3.75. The van der Waals surface area contributed by atoms with Crippen LogP contribution in [-0.2, 0) is 0 Å². The second-order valence-corrected chi connectivity index (χ2v) is 3.88. The Morgan fingerprint density at radius 3 is 2.21 bits per heavy atom. The van der Waals surface area contributed by atoms with Crippen LogP contribution in [0.4, 0.5) is 5.69 Å². The van der Waals surface area contributed by atoms with Crippen molar-refractivity contribution in [3.05, 3.63) is 24.5 Å². The zero-order chi connectivity index (χ0) is 10.8. The summed E-state index contributed by atoms with van der Waals surface area (Å²) in [6, 6.07) is 3.86. The van der Waals surface area contributed by atoms with Crippen LogP contribution in [0.1, 0.15) is 0 Å². The standard InChI is InChI=1S/C10H17N4/c1-13(2)10(11)14(3,4)9-5-7-12-8-6-9/h5-8,11H,1-4H3/q+1. The maximum Gasteiger partial charge on any atom is 0.301 e. The highest BCUT2D eigenvalue weighted by atomic mass is 15.4. The quantitative estimate of drug-likeness (QED) is 0.413. The Morgan fingerprint density at radius 1 is 1.29 bits per heavy atom. The first-order chi connectivity index (χ1) is 6.46. The average Bonchev–Trinajstić information content (AvgIpc) is 2.18. The van der Waals surface area contributed by atoms with Crippen LogP contribution in [0.15, 0.2) is 24.5 Å². The van der Waals surface area contributed by atoms with Crippen molar-refractivity contribution in [2.75, 3.05) is 28.2 Å². The fourth-order valence-electron chi connectivity index (χ4n) is 1.34. The minimum absolute atomic E-state index is 0.426. The summed E-state index contributed by atoms with van der Waals surface area (Å²) in [6.07, 6.45) is 3.50. The molecule has 0 saturated heterocycles. The first-order valence-electron chi connectivity index (χ1n) is 4.47. The van der Waals surface area contributed by atoms with E-state index in [1.165, 1.54) is 0 Å². The molecule has 0 bridgehead atoms. The molecular weight excluding hydrogens is 176 g/mol. The number of hydrogen-bond donors (Lipinski definition) is 1. The van der Waals surface area contributed by atoms with Gasteiger partial charge in [-0.25, -0.2) is 9.89 Å². The molecule has 0 aliphatic heterocycles. The maximum absolute atomic E-state index is 7.96.